The van der Waals surface area contributed by atoms with E-state index >= 15 is 0 Å². The first kappa shape index (κ1) is 17.4. The summed E-state index contributed by atoms with van der Waals surface area (Å²) in [5.41, 5.74) is 2.29. The lowest BCUT2D eigenvalue weighted by Crippen LogP contribution is -2.38. The molecule has 1 atom stereocenters. The van der Waals surface area contributed by atoms with E-state index in [1.165, 1.54) is 18.5 Å². The number of rotatable bonds is 7. The zero-order valence-electron chi connectivity index (χ0n) is 14.7. The van der Waals surface area contributed by atoms with Crippen LogP contribution in [0.25, 0.3) is 0 Å². The Morgan fingerprint density at radius 3 is 3.12 bits per heavy atom. The first-order valence-corrected chi connectivity index (χ1v) is 9.88. The molecule has 0 aromatic carbocycles. The van der Waals surface area contributed by atoms with E-state index in [-0.39, 0.29) is 5.92 Å². The molecule has 2 aromatic heterocycles. The zero-order chi connectivity index (χ0) is 16.9. The number of nitrogens with one attached hydrogen (secondary N) is 1. The maximum atomic E-state index is 12.8. The summed E-state index contributed by atoms with van der Waals surface area (Å²) >= 11 is 1.58. The topological polar surface area (TPSA) is 49.0 Å². The van der Waals surface area contributed by atoms with Gasteiger partial charge in [-0.15, -0.1) is 11.3 Å². The van der Waals surface area contributed by atoms with Crippen molar-refractivity contribution >= 4 is 17.1 Å². The lowest BCUT2D eigenvalue weighted by atomic mass is 9.92. The molecule has 0 spiro atoms. The fourth-order valence-electron chi connectivity index (χ4n) is 3.42. The van der Waals surface area contributed by atoms with Crippen molar-refractivity contribution in [3.05, 3.63) is 39.6 Å². The van der Waals surface area contributed by atoms with E-state index in [1.54, 1.807) is 11.3 Å². The van der Waals surface area contributed by atoms with Gasteiger partial charge in [-0.2, -0.15) is 0 Å². The fraction of sp³-hybridized carbons (Fsp3) is 0.579. The number of aryl methyl sites for hydroxylation is 2. The van der Waals surface area contributed by atoms with Crippen molar-refractivity contribution in [3.63, 3.8) is 0 Å². The first-order chi connectivity index (χ1) is 11.7. The second kappa shape index (κ2) is 8.08. The van der Waals surface area contributed by atoms with Crippen LogP contribution in [0.2, 0.25) is 0 Å². The molecule has 24 heavy (non-hydrogen) atoms. The fourth-order valence-corrected chi connectivity index (χ4v) is 4.37. The number of hydrogen-bond donors (Lipinski definition) is 1. The van der Waals surface area contributed by atoms with Crippen molar-refractivity contribution in [2.24, 2.45) is 5.92 Å². The predicted molar refractivity (Wildman–Crippen MR) is 98.6 cm³/mol. The van der Waals surface area contributed by atoms with Crippen LogP contribution in [-0.2, 0) is 13.0 Å². The third-order valence-electron chi connectivity index (χ3n) is 4.80. The molecule has 0 amide bonds. The number of H-pyrrole nitrogens is 1. The Hall–Kier alpha value is -1.46. The lowest BCUT2D eigenvalue weighted by Gasteiger charge is -2.31. The van der Waals surface area contributed by atoms with E-state index in [1.807, 2.05) is 24.6 Å². The molecule has 1 unspecified atom stereocenters. The molecule has 1 fully saturated rings. The number of likely N-dealkylation sites (tertiary alicyclic amines) is 1. The van der Waals surface area contributed by atoms with Gasteiger partial charge in [0.2, 0.25) is 0 Å². The third kappa shape index (κ3) is 4.14. The van der Waals surface area contributed by atoms with Gasteiger partial charge in [-0.05, 0) is 49.7 Å². The van der Waals surface area contributed by atoms with E-state index < -0.39 is 0 Å². The molecule has 1 saturated heterocycles. The lowest BCUT2D eigenvalue weighted by molar-refractivity contribution is 0.0814. The summed E-state index contributed by atoms with van der Waals surface area (Å²) in [6.45, 7) is 7.03. The Morgan fingerprint density at radius 2 is 2.38 bits per heavy atom. The zero-order valence-corrected chi connectivity index (χ0v) is 15.5. The largest absolute Gasteiger partial charge is 0.345 e. The first-order valence-electron chi connectivity index (χ1n) is 9.00. The number of hydrogen-bond acceptors (Lipinski definition) is 4. The maximum absolute atomic E-state index is 12.8. The number of piperidine rings is 1. The summed E-state index contributed by atoms with van der Waals surface area (Å²) in [4.78, 5) is 24.0. The minimum absolute atomic E-state index is 0.138. The van der Waals surface area contributed by atoms with Crippen molar-refractivity contribution in [3.8, 4) is 0 Å². The van der Waals surface area contributed by atoms with Gasteiger partial charge in [-0.1, -0.05) is 13.3 Å². The maximum Gasteiger partial charge on any atom is 0.177 e. The average molecular weight is 346 g/mol. The number of thiophene rings is 1. The highest BCUT2D eigenvalue weighted by molar-refractivity contribution is 7.12. The number of ketones is 1. The van der Waals surface area contributed by atoms with Gasteiger partial charge in [0.15, 0.2) is 5.78 Å². The van der Waals surface area contributed by atoms with Crippen molar-refractivity contribution < 1.29 is 4.79 Å². The number of carbonyl (C=O) groups is 1. The Balaban J connectivity index is 1.58. The summed E-state index contributed by atoms with van der Waals surface area (Å²) in [6.07, 6.45) is 7.45. The standard InChI is InChI=1S/C19H27N3OS/c1-3-4-7-17-20-11-16(21-17)13-22-9-5-6-15(12-22)18(23)19-14(2)8-10-24-19/h8,10-11,15H,3-7,9,12-13H2,1-2H3,(H,20,21). The molecule has 1 aliphatic heterocycles. The molecule has 5 heteroatoms. The second-order valence-corrected chi connectivity index (χ2v) is 7.75. The summed E-state index contributed by atoms with van der Waals surface area (Å²) in [5, 5.41) is 2.02. The van der Waals surface area contributed by atoms with Crippen LogP contribution < -0.4 is 0 Å². The van der Waals surface area contributed by atoms with Crippen LogP contribution in [0.5, 0.6) is 0 Å². The normalized spacial score (nSPS) is 18.8. The number of Topliss-reactive ketones (excluding diaryl/α,β-unsaturated/α-hetero) is 1. The Morgan fingerprint density at radius 1 is 1.50 bits per heavy atom. The second-order valence-electron chi connectivity index (χ2n) is 6.83. The highest BCUT2D eigenvalue weighted by Gasteiger charge is 2.28. The molecular weight excluding hydrogens is 318 g/mol. The number of imidazole rings is 1. The number of aromatic nitrogens is 2. The monoisotopic (exact) mass is 345 g/mol. The van der Waals surface area contributed by atoms with Crippen LogP contribution in [0.1, 0.15) is 59.4 Å². The van der Waals surface area contributed by atoms with Crippen LogP contribution in [0.4, 0.5) is 0 Å². The molecular formula is C19H27N3OS. The van der Waals surface area contributed by atoms with Gasteiger partial charge in [-0.3, -0.25) is 9.69 Å². The quantitative estimate of drug-likeness (QED) is 0.765. The van der Waals surface area contributed by atoms with E-state index in [0.717, 1.165) is 55.2 Å². The molecule has 1 N–H and O–H groups in total. The van der Waals surface area contributed by atoms with E-state index in [4.69, 9.17) is 0 Å². The van der Waals surface area contributed by atoms with Crippen LogP contribution in [0, 0.1) is 12.8 Å². The van der Waals surface area contributed by atoms with Crippen molar-refractivity contribution in [1.29, 1.82) is 0 Å². The number of carbonyl (C=O) groups excluding carboxylic acids is 1. The summed E-state index contributed by atoms with van der Waals surface area (Å²) < 4.78 is 0. The molecule has 0 radical (unpaired) electrons. The highest BCUT2D eigenvalue weighted by Crippen LogP contribution is 2.26. The van der Waals surface area contributed by atoms with Gasteiger partial charge < -0.3 is 4.98 Å². The number of unbranched alkanes of at least 4 members (excludes halogenated alkanes) is 1. The SMILES string of the molecule is CCCCc1ncc(CN2CCCC(C(=O)c3sccc3C)C2)[nH]1. The van der Waals surface area contributed by atoms with Crippen LogP contribution in [-0.4, -0.2) is 33.7 Å². The van der Waals surface area contributed by atoms with Gasteiger partial charge >= 0.3 is 0 Å². The molecule has 2 aromatic rings. The third-order valence-corrected chi connectivity index (χ3v) is 5.84. The highest BCUT2D eigenvalue weighted by atomic mass is 32.1. The molecule has 0 aliphatic carbocycles. The van der Waals surface area contributed by atoms with Gasteiger partial charge in [-0.25, -0.2) is 4.98 Å². The minimum Gasteiger partial charge on any atom is -0.345 e. The molecule has 3 rings (SSSR count). The number of nitrogens with zero attached hydrogens (tertiary/aromatic N) is 2. The molecule has 0 saturated carbocycles. The molecule has 1 aliphatic rings. The molecule has 3 heterocycles. The smallest absolute Gasteiger partial charge is 0.177 e. The minimum atomic E-state index is 0.138. The van der Waals surface area contributed by atoms with Crippen molar-refractivity contribution in [1.82, 2.24) is 14.9 Å². The molecule has 130 valence electrons. The van der Waals surface area contributed by atoms with Gasteiger partial charge in [0.1, 0.15) is 5.82 Å². The summed E-state index contributed by atoms with van der Waals surface area (Å²) in [5.74, 6) is 1.56. The predicted octanol–water partition coefficient (Wildman–Crippen LogP) is 4.22. The van der Waals surface area contributed by atoms with Gasteiger partial charge in [0, 0.05) is 37.3 Å². The Labute approximate surface area is 148 Å². The molecule has 0 bridgehead atoms. The Kier molecular flexibility index (Phi) is 5.85. The van der Waals surface area contributed by atoms with Gasteiger partial charge in [0.25, 0.3) is 0 Å². The number of aromatic amines is 1. The van der Waals surface area contributed by atoms with E-state index in [2.05, 4.69) is 21.8 Å². The average Bonchev–Trinajstić information content (AvgIpc) is 3.21. The van der Waals surface area contributed by atoms with Crippen LogP contribution in [0.3, 0.4) is 0 Å². The van der Waals surface area contributed by atoms with Crippen molar-refractivity contribution in [2.45, 2.75) is 52.5 Å². The van der Waals surface area contributed by atoms with E-state index in [0.29, 0.717) is 5.78 Å². The molecule has 4 nitrogen and oxygen atoms in total. The van der Waals surface area contributed by atoms with E-state index in [9.17, 15) is 4.79 Å². The Bertz CT molecular complexity index is 676. The van der Waals surface area contributed by atoms with Crippen LogP contribution in [0.15, 0.2) is 17.6 Å². The van der Waals surface area contributed by atoms with Gasteiger partial charge in [0.05, 0.1) is 4.88 Å². The van der Waals surface area contributed by atoms with Crippen molar-refractivity contribution in [2.75, 3.05) is 13.1 Å². The summed E-state index contributed by atoms with van der Waals surface area (Å²) in [7, 11) is 0. The summed E-state index contributed by atoms with van der Waals surface area (Å²) in [6, 6.07) is 2.04. The van der Waals surface area contributed by atoms with Crippen LogP contribution >= 0.6 is 11.3 Å².